The van der Waals surface area contributed by atoms with Gasteiger partial charge in [-0.15, -0.1) is 0 Å². The van der Waals surface area contributed by atoms with Crippen molar-refractivity contribution in [3.8, 4) is 0 Å². The molecule has 1 saturated heterocycles. The van der Waals surface area contributed by atoms with Gasteiger partial charge in [0.1, 0.15) is 0 Å². The molecule has 0 aromatic heterocycles. The van der Waals surface area contributed by atoms with Crippen molar-refractivity contribution in [1.29, 1.82) is 0 Å². The van der Waals surface area contributed by atoms with E-state index in [-0.39, 0.29) is 6.61 Å². The molecule has 0 spiro atoms. The Bertz CT molecular complexity index is 588. The number of aryl methyl sites for hydroxylation is 1. The number of hydrogen-bond acceptors (Lipinski definition) is 3. The van der Waals surface area contributed by atoms with Crippen LogP contribution >= 0.6 is 0 Å². The van der Waals surface area contributed by atoms with Crippen LogP contribution in [0, 0.1) is 13.8 Å². The Balaban J connectivity index is 2.40. The molecule has 1 aliphatic rings. The highest BCUT2D eigenvalue weighted by molar-refractivity contribution is 7.89. The molecule has 4 nitrogen and oxygen atoms in total. The Hall–Kier alpha value is -0.910. The molecule has 0 unspecified atom stereocenters. The van der Waals surface area contributed by atoms with Crippen LogP contribution in [-0.2, 0) is 16.6 Å². The monoisotopic (exact) mass is 311 g/mol. The Kier molecular flexibility index (Phi) is 5.41. The Morgan fingerprint density at radius 1 is 1.05 bits per heavy atom. The van der Waals surface area contributed by atoms with Gasteiger partial charge in [0, 0.05) is 13.1 Å². The van der Waals surface area contributed by atoms with Gasteiger partial charge in [-0.3, -0.25) is 0 Å². The standard InChI is InChI=1S/C16H25NO3S/c1-13-10-15(12-18)11-16(14(13)2)21(19,20)17-8-6-4-3-5-7-9-17/h10-11,18H,3-9,12H2,1-2H3. The predicted molar refractivity (Wildman–Crippen MR) is 83.7 cm³/mol. The van der Waals surface area contributed by atoms with E-state index < -0.39 is 10.0 Å². The van der Waals surface area contributed by atoms with Crippen molar-refractivity contribution in [2.45, 2.75) is 57.5 Å². The van der Waals surface area contributed by atoms with Crippen LogP contribution in [0.15, 0.2) is 17.0 Å². The summed E-state index contributed by atoms with van der Waals surface area (Å²) in [6.45, 7) is 4.80. The second kappa shape index (κ2) is 6.90. The minimum atomic E-state index is -3.47. The maximum atomic E-state index is 12.9. The molecular weight excluding hydrogens is 286 g/mol. The number of hydrogen-bond donors (Lipinski definition) is 1. The molecule has 0 aliphatic carbocycles. The third-order valence-corrected chi connectivity index (χ3v) is 6.32. The Morgan fingerprint density at radius 3 is 2.19 bits per heavy atom. The minimum Gasteiger partial charge on any atom is -0.392 e. The molecule has 2 rings (SSSR count). The first-order valence-electron chi connectivity index (χ1n) is 7.68. The van der Waals surface area contributed by atoms with Gasteiger partial charge < -0.3 is 5.11 Å². The van der Waals surface area contributed by atoms with Crippen molar-refractivity contribution in [1.82, 2.24) is 4.31 Å². The second-order valence-corrected chi connectivity index (χ2v) is 7.77. The van der Waals surface area contributed by atoms with Crippen molar-refractivity contribution in [2.24, 2.45) is 0 Å². The highest BCUT2D eigenvalue weighted by atomic mass is 32.2. The normalized spacial score (nSPS) is 18.2. The number of rotatable bonds is 3. The lowest BCUT2D eigenvalue weighted by Crippen LogP contribution is -2.34. The van der Waals surface area contributed by atoms with E-state index >= 15 is 0 Å². The molecule has 1 heterocycles. The van der Waals surface area contributed by atoms with Crippen LogP contribution in [0.25, 0.3) is 0 Å². The number of benzene rings is 1. The molecule has 5 heteroatoms. The van der Waals surface area contributed by atoms with Crippen molar-refractivity contribution in [3.63, 3.8) is 0 Å². The lowest BCUT2D eigenvalue weighted by Gasteiger charge is -2.25. The Morgan fingerprint density at radius 2 is 1.62 bits per heavy atom. The molecule has 0 saturated carbocycles. The molecule has 1 aromatic carbocycles. The fraction of sp³-hybridized carbons (Fsp3) is 0.625. The molecule has 118 valence electrons. The lowest BCUT2D eigenvalue weighted by molar-refractivity contribution is 0.281. The number of aliphatic hydroxyl groups excluding tert-OH is 1. The second-order valence-electron chi connectivity index (χ2n) is 5.87. The molecule has 1 aromatic rings. The summed E-state index contributed by atoms with van der Waals surface area (Å²) < 4.78 is 27.5. The number of nitrogens with zero attached hydrogens (tertiary/aromatic N) is 1. The molecule has 1 aliphatic heterocycles. The van der Waals surface area contributed by atoms with Crippen molar-refractivity contribution in [3.05, 3.63) is 28.8 Å². The molecule has 0 amide bonds. The average molecular weight is 311 g/mol. The number of aliphatic hydroxyl groups is 1. The first-order valence-corrected chi connectivity index (χ1v) is 9.12. The first kappa shape index (κ1) is 16.5. The molecular formula is C16H25NO3S. The van der Waals surface area contributed by atoms with E-state index in [1.165, 1.54) is 6.42 Å². The van der Waals surface area contributed by atoms with E-state index in [0.717, 1.165) is 36.8 Å². The summed E-state index contributed by atoms with van der Waals surface area (Å²) in [5.41, 5.74) is 2.35. The summed E-state index contributed by atoms with van der Waals surface area (Å²) in [4.78, 5) is 0.354. The summed E-state index contributed by atoms with van der Waals surface area (Å²) in [5.74, 6) is 0. The van der Waals surface area contributed by atoms with Crippen LogP contribution < -0.4 is 0 Å². The van der Waals surface area contributed by atoms with E-state index in [4.69, 9.17) is 0 Å². The topological polar surface area (TPSA) is 57.6 Å². The van der Waals surface area contributed by atoms with Crippen molar-refractivity contribution in [2.75, 3.05) is 13.1 Å². The van der Waals surface area contributed by atoms with Gasteiger partial charge in [0.05, 0.1) is 11.5 Å². The van der Waals surface area contributed by atoms with Crippen LogP contribution in [0.5, 0.6) is 0 Å². The highest BCUT2D eigenvalue weighted by Crippen LogP contribution is 2.26. The van der Waals surface area contributed by atoms with E-state index in [9.17, 15) is 13.5 Å². The fourth-order valence-corrected chi connectivity index (χ4v) is 4.72. The zero-order valence-electron chi connectivity index (χ0n) is 12.9. The van der Waals surface area contributed by atoms with E-state index in [1.54, 1.807) is 10.4 Å². The summed E-state index contributed by atoms with van der Waals surface area (Å²) in [7, 11) is -3.47. The van der Waals surface area contributed by atoms with Crippen LogP contribution in [0.1, 0.15) is 48.8 Å². The van der Waals surface area contributed by atoms with Crippen molar-refractivity contribution >= 4 is 10.0 Å². The maximum absolute atomic E-state index is 12.9. The van der Waals surface area contributed by atoms with Gasteiger partial charge in [-0.05, 0) is 49.4 Å². The Labute approximate surface area is 127 Å². The maximum Gasteiger partial charge on any atom is 0.243 e. The lowest BCUT2D eigenvalue weighted by atomic mass is 10.1. The molecule has 1 N–H and O–H groups in total. The van der Waals surface area contributed by atoms with Crippen LogP contribution in [-0.4, -0.2) is 30.9 Å². The van der Waals surface area contributed by atoms with Gasteiger partial charge in [0.15, 0.2) is 0 Å². The average Bonchev–Trinajstić information content (AvgIpc) is 2.40. The molecule has 0 bridgehead atoms. The first-order chi connectivity index (χ1) is 9.96. The van der Waals surface area contributed by atoms with Gasteiger partial charge in [0.2, 0.25) is 10.0 Å². The highest BCUT2D eigenvalue weighted by Gasteiger charge is 2.27. The van der Waals surface area contributed by atoms with E-state index in [1.807, 2.05) is 19.9 Å². The quantitative estimate of drug-likeness (QED) is 0.934. The minimum absolute atomic E-state index is 0.135. The summed E-state index contributed by atoms with van der Waals surface area (Å²) in [6, 6.07) is 3.47. The van der Waals surface area contributed by atoms with E-state index in [2.05, 4.69) is 0 Å². The molecule has 0 radical (unpaired) electrons. The molecule has 21 heavy (non-hydrogen) atoms. The van der Waals surface area contributed by atoms with Gasteiger partial charge in [-0.1, -0.05) is 25.3 Å². The fourth-order valence-electron chi connectivity index (χ4n) is 2.86. The van der Waals surface area contributed by atoms with Crippen LogP contribution in [0.3, 0.4) is 0 Å². The van der Waals surface area contributed by atoms with Gasteiger partial charge in [-0.2, -0.15) is 4.31 Å². The summed E-state index contributed by atoms with van der Waals surface area (Å²) in [5, 5.41) is 9.33. The van der Waals surface area contributed by atoms with E-state index in [0.29, 0.717) is 23.5 Å². The smallest absolute Gasteiger partial charge is 0.243 e. The third kappa shape index (κ3) is 3.65. The van der Waals surface area contributed by atoms with Crippen LogP contribution in [0.4, 0.5) is 0 Å². The molecule has 1 fully saturated rings. The van der Waals surface area contributed by atoms with Crippen molar-refractivity contribution < 1.29 is 13.5 Å². The van der Waals surface area contributed by atoms with Gasteiger partial charge in [-0.25, -0.2) is 8.42 Å². The third-order valence-electron chi connectivity index (χ3n) is 4.29. The predicted octanol–water partition coefficient (Wildman–Crippen LogP) is 2.75. The van der Waals surface area contributed by atoms with Crippen LogP contribution in [0.2, 0.25) is 0 Å². The zero-order chi connectivity index (χ0) is 15.5. The zero-order valence-corrected chi connectivity index (χ0v) is 13.7. The van der Waals surface area contributed by atoms with Gasteiger partial charge >= 0.3 is 0 Å². The summed E-state index contributed by atoms with van der Waals surface area (Å²) in [6.07, 6.45) is 5.25. The SMILES string of the molecule is Cc1cc(CO)cc(S(=O)(=O)N2CCCCCCC2)c1C. The van der Waals surface area contributed by atoms with Gasteiger partial charge in [0.25, 0.3) is 0 Å². The largest absolute Gasteiger partial charge is 0.392 e. The molecule has 0 atom stereocenters. The summed E-state index contributed by atoms with van der Waals surface area (Å²) >= 11 is 0. The number of sulfonamides is 1.